The predicted molar refractivity (Wildman–Crippen MR) is 104 cm³/mol. The molecular formula is C18H23N5O6. The highest BCUT2D eigenvalue weighted by atomic mass is 16.2. The third kappa shape index (κ3) is 7.63. The quantitative estimate of drug-likeness (QED) is 0.183. The summed E-state index contributed by atoms with van der Waals surface area (Å²) in [4.78, 5) is 75.0. The van der Waals surface area contributed by atoms with Crippen LogP contribution in [0.3, 0.4) is 0 Å². The van der Waals surface area contributed by atoms with Gasteiger partial charge in [0.1, 0.15) is 12.1 Å². The van der Waals surface area contributed by atoms with Crippen molar-refractivity contribution in [2.75, 3.05) is 13.1 Å². The molecule has 1 rings (SSSR count). The van der Waals surface area contributed by atoms with Crippen molar-refractivity contribution in [3.8, 4) is 0 Å². The van der Waals surface area contributed by atoms with Crippen LogP contribution in [0.2, 0.25) is 0 Å². The summed E-state index contributed by atoms with van der Waals surface area (Å²) in [6.45, 7) is 0.854. The molecule has 0 aliphatic heterocycles. The molecule has 0 fully saturated rings. The molecule has 0 N–H and O–H groups in total. The Labute approximate surface area is 165 Å². The molecular weight excluding hydrogens is 382 g/mol. The van der Waals surface area contributed by atoms with Crippen molar-refractivity contribution in [2.45, 2.75) is 58.0 Å². The van der Waals surface area contributed by atoms with Crippen molar-refractivity contribution in [2.24, 2.45) is 9.98 Å². The van der Waals surface area contributed by atoms with Crippen molar-refractivity contribution in [1.29, 1.82) is 0 Å². The number of hydrogen-bond acceptors (Lipinski definition) is 8. The topological polar surface area (TPSA) is 142 Å². The van der Waals surface area contributed by atoms with Crippen LogP contribution in [-0.4, -0.2) is 44.9 Å². The third-order valence-corrected chi connectivity index (χ3v) is 4.20. The summed E-state index contributed by atoms with van der Waals surface area (Å²) in [5, 5.41) is 0. The molecule has 1 aromatic heterocycles. The number of aliphatic imine (C=N–C) groups is 2. The van der Waals surface area contributed by atoms with Gasteiger partial charge in [-0.15, -0.1) is 0 Å². The lowest BCUT2D eigenvalue weighted by Crippen LogP contribution is -2.53. The van der Waals surface area contributed by atoms with Gasteiger partial charge in [-0.25, -0.2) is 52.5 Å². The zero-order valence-corrected chi connectivity index (χ0v) is 16.0. The minimum Gasteiger partial charge on any atom is -0.247 e. The zero-order chi connectivity index (χ0) is 21.5. The minimum absolute atomic E-state index is 0.0686. The molecule has 29 heavy (non-hydrogen) atoms. The highest BCUT2D eigenvalue weighted by Crippen LogP contribution is 2.01. The average molecular weight is 405 g/mol. The Hall–Kier alpha value is -3.38. The fraction of sp³-hybridized carbons (Fsp3) is 0.611. The molecule has 11 heteroatoms. The molecule has 156 valence electrons. The fourth-order valence-corrected chi connectivity index (χ4v) is 2.74. The summed E-state index contributed by atoms with van der Waals surface area (Å²) in [7, 11) is 0. The van der Waals surface area contributed by atoms with Crippen molar-refractivity contribution >= 4 is 24.3 Å². The van der Waals surface area contributed by atoms with Gasteiger partial charge in [-0.2, -0.15) is 0 Å². The lowest BCUT2D eigenvalue weighted by Gasteiger charge is -2.11. The monoisotopic (exact) mass is 405 g/mol. The number of rotatable bonds is 14. The first-order valence-corrected chi connectivity index (χ1v) is 9.33. The van der Waals surface area contributed by atoms with Gasteiger partial charge in [0, 0.05) is 13.1 Å². The van der Waals surface area contributed by atoms with E-state index in [0.717, 1.165) is 15.6 Å². The molecule has 0 atom stereocenters. The number of carbonyl (C=O) groups excluding carboxylic acids is 3. The fourth-order valence-electron chi connectivity index (χ4n) is 2.74. The summed E-state index contributed by atoms with van der Waals surface area (Å²) in [5.74, 6) is 1.39. The van der Waals surface area contributed by atoms with E-state index in [1.807, 2.05) is 0 Å². The Bertz CT molecular complexity index is 985. The summed E-state index contributed by atoms with van der Waals surface area (Å²) < 4.78 is 2.41. The number of isocyanates is 2. The zero-order valence-electron chi connectivity index (χ0n) is 16.0. The van der Waals surface area contributed by atoms with Crippen molar-refractivity contribution in [1.82, 2.24) is 13.7 Å². The molecule has 0 aliphatic carbocycles. The van der Waals surface area contributed by atoms with Gasteiger partial charge in [0.05, 0.1) is 13.1 Å². The van der Waals surface area contributed by atoms with Gasteiger partial charge in [-0.05, 0) is 32.1 Å². The Balaban J connectivity index is 2.92. The number of unbranched alkanes of at least 4 members (excludes halogenated alkanes) is 5. The van der Waals surface area contributed by atoms with Crippen molar-refractivity contribution in [3.05, 3.63) is 31.5 Å². The maximum absolute atomic E-state index is 12.6. The van der Waals surface area contributed by atoms with E-state index < -0.39 is 17.1 Å². The molecule has 0 spiro atoms. The second-order valence-corrected chi connectivity index (χ2v) is 6.19. The van der Waals surface area contributed by atoms with E-state index in [9.17, 15) is 28.8 Å². The van der Waals surface area contributed by atoms with E-state index in [1.54, 1.807) is 0 Å². The van der Waals surface area contributed by atoms with Gasteiger partial charge in [-0.3, -0.25) is 0 Å². The number of aromatic nitrogens is 3. The average Bonchev–Trinajstić information content (AvgIpc) is 2.71. The van der Waals surface area contributed by atoms with E-state index in [-0.39, 0.29) is 13.1 Å². The smallest absolute Gasteiger partial charge is 0.247 e. The lowest BCUT2D eigenvalue weighted by atomic mass is 10.2. The first kappa shape index (κ1) is 23.7. The van der Waals surface area contributed by atoms with Crippen LogP contribution in [0.5, 0.6) is 0 Å². The first-order chi connectivity index (χ1) is 14.1. The van der Waals surface area contributed by atoms with Gasteiger partial charge in [0.25, 0.3) is 0 Å². The Kier molecular flexibility index (Phi) is 11.2. The molecule has 1 aromatic rings. The predicted octanol–water partition coefficient (Wildman–Crippen LogP) is -0.124. The molecule has 0 unspecified atom stereocenters. The lowest BCUT2D eigenvalue weighted by molar-refractivity contribution is 0.457. The van der Waals surface area contributed by atoms with E-state index in [1.165, 1.54) is 18.1 Å². The molecule has 0 amide bonds. The van der Waals surface area contributed by atoms with Gasteiger partial charge in [0.2, 0.25) is 12.2 Å². The van der Waals surface area contributed by atoms with E-state index in [0.29, 0.717) is 62.4 Å². The van der Waals surface area contributed by atoms with Crippen LogP contribution in [-0.2, 0) is 27.5 Å². The van der Waals surface area contributed by atoms with Crippen LogP contribution in [0, 0.1) is 0 Å². The Morgan fingerprint density at radius 3 is 1.55 bits per heavy atom. The second-order valence-electron chi connectivity index (χ2n) is 6.19. The van der Waals surface area contributed by atoms with E-state index >= 15 is 0 Å². The van der Waals surface area contributed by atoms with Crippen LogP contribution in [0.1, 0.15) is 44.9 Å². The molecule has 1 heterocycles. The Morgan fingerprint density at radius 2 is 1.10 bits per heavy atom. The largest absolute Gasteiger partial charge is 0.341 e. The van der Waals surface area contributed by atoms with Crippen LogP contribution in [0.4, 0.5) is 0 Å². The van der Waals surface area contributed by atoms with E-state index in [2.05, 4.69) is 9.98 Å². The normalized spacial score (nSPS) is 9.93. The molecule has 0 radical (unpaired) electrons. The van der Waals surface area contributed by atoms with E-state index in [4.69, 9.17) is 0 Å². The van der Waals surface area contributed by atoms with Gasteiger partial charge in [0.15, 0.2) is 0 Å². The number of hydrogen-bond donors (Lipinski definition) is 0. The van der Waals surface area contributed by atoms with Crippen LogP contribution < -0.4 is 17.1 Å². The van der Waals surface area contributed by atoms with Crippen LogP contribution in [0.15, 0.2) is 24.4 Å². The minimum atomic E-state index is -0.891. The first-order valence-electron chi connectivity index (χ1n) is 9.33. The standard InChI is InChI=1S/C18H23N5O6/c24-13-12-23-17(28)21(10-6-2-1-4-8-19-14-25)16(27)22(18(23)29)11-7-3-5-9-20-15-26/h12H,1-11H2. The van der Waals surface area contributed by atoms with Crippen molar-refractivity contribution < 1.29 is 14.4 Å². The molecule has 0 saturated heterocycles. The summed E-state index contributed by atoms with van der Waals surface area (Å²) in [5.41, 5.74) is -2.50. The molecule has 0 saturated carbocycles. The van der Waals surface area contributed by atoms with Gasteiger partial charge in [-0.1, -0.05) is 12.8 Å². The third-order valence-electron chi connectivity index (χ3n) is 4.20. The second kappa shape index (κ2) is 13.7. The highest BCUT2D eigenvalue weighted by molar-refractivity contribution is 5.63. The summed E-state index contributed by atoms with van der Waals surface area (Å²) in [6.07, 6.45) is 7.88. The van der Waals surface area contributed by atoms with Crippen LogP contribution in [0.25, 0.3) is 6.20 Å². The SMILES string of the molecule is O=C=Cn1c(=O)n(CCCCCCN=C=O)c(=O)n(CCCCCN=C=O)c1=O. The molecule has 0 bridgehead atoms. The maximum atomic E-state index is 12.6. The maximum Gasteiger partial charge on any atom is 0.341 e. The van der Waals surface area contributed by atoms with Crippen molar-refractivity contribution in [3.63, 3.8) is 0 Å². The summed E-state index contributed by atoms with van der Waals surface area (Å²) in [6, 6.07) is 0. The highest BCUT2D eigenvalue weighted by Gasteiger charge is 2.14. The summed E-state index contributed by atoms with van der Waals surface area (Å²) >= 11 is 0. The van der Waals surface area contributed by atoms with Gasteiger partial charge >= 0.3 is 17.1 Å². The molecule has 11 nitrogen and oxygen atoms in total. The van der Waals surface area contributed by atoms with Crippen LogP contribution >= 0.6 is 0 Å². The Morgan fingerprint density at radius 1 is 0.655 bits per heavy atom. The molecule has 0 aromatic carbocycles. The van der Waals surface area contributed by atoms with Gasteiger partial charge < -0.3 is 0 Å². The molecule has 0 aliphatic rings. The number of nitrogens with zero attached hydrogens (tertiary/aromatic N) is 5.